The average Bonchev–Trinajstić information content (AvgIpc) is 1.66. The van der Waals surface area contributed by atoms with Crippen LogP contribution >= 0.6 is 0 Å². The van der Waals surface area contributed by atoms with Gasteiger partial charge in [-0.15, -0.1) is 0 Å². The molecule has 0 saturated heterocycles. The van der Waals surface area contributed by atoms with Gasteiger partial charge in [-0.1, -0.05) is 13.3 Å². The molecule has 0 aromatic rings. The van der Waals surface area contributed by atoms with Crippen molar-refractivity contribution in [3.8, 4) is 0 Å². The first-order valence-corrected chi connectivity index (χ1v) is 2.92. The second kappa shape index (κ2) is 4.62. The molecule has 0 unspecified atom stereocenters. The Morgan fingerprint density at radius 2 is 2.38 bits per heavy atom. The lowest BCUT2D eigenvalue weighted by atomic mass is 10.2. The van der Waals surface area contributed by atoms with Crippen LogP contribution in [0.3, 0.4) is 0 Å². The van der Waals surface area contributed by atoms with Crippen molar-refractivity contribution in [2.24, 2.45) is 5.73 Å². The van der Waals surface area contributed by atoms with E-state index < -0.39 is 0 Å². The zero-order chi connectivity index (χ0) is 6.41. The van der Waals surface area contributed by atoms with Crippen LogP contribution in [0.2, 0.25) is 0 Å². The first-order chi connectivity index (χ1) is 3.77. The van der Waals surface area contributed by atoms with Gasteiger partial charge in [0.05, 0.1) is 5.84 Å². The first-order valence-electron chi connectivity index (χ1n) is 2.92. The molecule has 0 bridgehead atoms. The van der Waals surface area contributed by atoms with Gasteiger partial charge >= 0.3 is 0 Å². The monoisotopic (exact) mass is 113 g/mol. The van der Waals surface area contributed by atoms with Crippen molar-refractivity contribution in [2.75, 3.05) is 0 Å². The van der Waals surface area contributed by atoms with E-state index in [0.717, 1.165) is 12.8 Å². The summed E-state index contributed by atoms with van der Waals surface area (Å²) < 4.78 is 0. The Labute approximate surface area is 50.6 Å². The molecule has 0 amide bonds. The molecule has 0 fully saturated rings. The summed E-state index contributed by atoms with van der Waals surface area (Å²) in [6, 6.07) is 0. The number of nitrogens with one attached hydrogen (secondary N) is 1. The summed E-state index contributed by atoms with van der Waals surface area (Å²) in [5.74, 6) is 0.287. The maximum atomic E-state index is 6.83. The standard InChI is InChI=1S/C6H13N2/c1-2-3-4-5-6(7)8/h3H,2,4-5H2,1H3,(H3,7,8). The molecule has 47 valence electrons. The van der Waals surface area contributed by atoms with Crippen molar-refractivity contribution in [1.29, 1.82) is 5.41 Å². The smallest absolute Gasteiger partial charge is 0.0905 e. The second-order valence-electron chi connectivity index (χ2n) is 1.76. The van der Waals surface area contributed by atoms with E-state index in [1.165, 1.54) is 0 Å². The van der Waals surface area contributed by atoms with E-state index in [4.69, 9.17) is 11.1 Å². The van der Waals surface area contributed by atoms with Crippen LogP contribution in [-0.2, 0) is 0 Å². The molecule has 3 N–H and O–H groups in total. The van der Waals surface area contributed by atoms with E-state index in [0.29, 0.717) is 6.42 Å². The molecule has 2 heteroatoms. The van der Waals surface area contributed by atoms with Gasteiger partial charge in [-0.25, -0.2) is 0 Å². The predicted octanol–water partition coefficient (Wildman–Crippen LogP) is 1.32. The summed E-state index contributed by atoms with van der Waals surface area (Å²) in [4.78, 5) is 0. The summed E-state index contributed by atoms with van der Waals surface area (Å²) in [5.41, 5.74) is 5.10. The zero-order valence-corrected chi connectivity index (χ0v) is 5.28. The minimum absolute atomic E-state index is 0.287. The molecule has 0 saturated carbocycles. The van der Waals surface area contributed by atoms with Gasteiger partial charge in [0.1, 0.15) is 0 Å². The fourth-order valence-corrected chi connectivity index (χ4v) is 0.462. The lowest BCUT2D eigenvalue weighted by molar-refractivity contribution is 0.914. The van der Waals surface area contributed by atoms with E-state index >= 15 is 0 Å². The summed E-state index contributed by atoms with van der Waals surface area (Å²) >= 11 is 0. The second-order valence-corrected chi connectivity index (χ2v) is 1.76. The van der Waals surface area contributed by atoms with Crippen LogP contribution in [0.15, 0.2) is 0 Å². The Balaban J connectivity index is 2.82. The fourth-order valence-electron chi connectivity index (χ4n) is 0.462. The molecule has 0 heterocycles. The molecule has 1 radical (unpaired) electrons. The Bertz CT molecular complexity index is 68.9. The summed E-state index contributed by atoms with van der Waals surface area (Å²) in [6.45, 7) is 2.08. The van der Waals surface area contributed by atoms with Crippen LogP contribution in [0.5, 0.6) is 0 Å². The molecule has 0 aromatic heterocycles. The lowest BCUT2D eigenvalue weighted by Crippen LogP contribution is -2.08. The third-order valence-electron chi connectivity index (χ3n) is 0.906. The van der Waals surface area contributed by atoms with Crippen molar-refractivity contribution in [3.63, 3.8) is 0 Å². The highest BCUT2D eigenvalue weighted by Crippen LogP contribution is 1.95. The third kappa shape index (κ3) is 5.47. The minimum atomic E-state index is 0.287. The Morgan fingerprint density at radius 1 is 1.75 bits per heavy atom. The molecule has 8 heavy (non-hydrogen) atoms. The number of nitrogens with two attached hydrogens (primary N) is 1. The van der Waals surface area contributed by atoms with E-state index in [9.17, 15) is 0 Å². The van der Waals surface area contributed by atoms with E-state index in [-0.39, 0.29) is 5.84 Å². The summed E-state index contributed by atoms with van der Waals surface area (Å²) in [5, 5.41) is 6.83. The maximum absolute atomic E-state index is 6.83. The number of hydrogen-bond donors (Lipinski definition) is 2. The summed E-state index contributed by atoms with van der Waals surface area (Å²) in [7, 11) is 0. The Morgan fingerprint density at radius 3 is 2.75 bits per heavy atom. The lowest BCUT2D eigenvalue weighted by Gasteiger charge is -1.93. The van der Waals surface area contributed by atoms with Crippen molar-refractivity contribution < 1.29 is 0 Å². The number of hydrogen-bond acceptors (Lipinski definition) is 1. The molecule has 0 aromatic carbocycles. The van der Waals surface area contributed by atoms with Crippen LogP contribution in [0.1, 0.15) is 26.2 Å². The Hall–Kier alpha value is -0.530. The van der Waals surface area contributed by atoms with Crippen LogP contribution in [0, 0.1) is 11.8 Å². The highest BCUT2D eigenvalue weighted by molar-refractivity contribution is 5.76. The normalized spacial score (nSPS) is 9.12. The zero-order valence-electron chi connectivity index (χ0n) is 5.28. The van der Waals surface area contributed by atoms with Gasteiger partial charge in [0.25, 0.3) is 0 Å². The largest absolute Gasteiger partial charge is 0.388 e. The number of rotatable bonds is 4. The maximum Gasteiger partial charge on any atom is 0.0905 e. The van der Waals surface area contributed by atoms with Gasteiger partial charge < -0.3 is 5.73 Å². The molecular formula is C6H13N2. The molecule has 0 rings (SSSR count). The van der Waals surface area contributed by atoms with Crippen LogP contribution in [0.4, 0.5) is 0 Å². The van der Waals surface area contributed by atoms with Gasteiger partial charge in [-0.2, -0.15) is 0 Å². The third-order valence-corrected chi connectivity index (χ3v) is 0.906. The highest BCUT2D eigenvalue weighted by Gasteiger charge is 1.87. The first kappa shape index (κ1) is 7.47. The van der Waals surface area contributed by atoms with Crippen molar-refractivity contribution in [2.45, 2.75) is 26.2 Å². The number of amidine groups is 1. The quantitative estimate of drug-likeness (QED) is 0.322. The van der Waals surface area contributed by atoms with Crippen LogP contribution in [0.25, 0.3) is 0 Å². The van der Waals surface area contributed by atoms with Crippen LogP contribution in [-0.4, -0.2) is 5.84 Å². The SMILES string of the molecule is CC[CH]CCC(=N)N. The topological polar surface area (TPSA) is 49.9 Å². The molecule has 0 aliphatic rings. The Kier molecular flexibility index (Phi) is 4.32. The molecule has 0 aliphatic carbocycles. The van der Waals surface area contributed by atoms with E-state index in [2.05, 4.69) is 13.3 Å². The highest BCUT2D eigenvalue weighted by atomic mass is 14.7. The van der Waals surface area contributed by atoms with Gasteiger partial charge in [0, 0.05) is 6.42 Å². The van der Waals surface area contributed by atoms with Crippen molar-refractivity contribution >= 4 is 5.84 Å². The minimum Gasteiger partial charge on any atom is -0.388 e. The summed E-state index contributed by atoms with van der Waals surface area (Å²) in [6.07, 6.45) is 4.87. The van der Waals surface area contributed by atoms with E-state index in [1.807, 2.05) is 0 Å². The van der Waals surface area contributed by atoms with Crippen molar-refractivity contribution in [1.82, 2.24) is 0 Å². The number of unbranched alkanes of at least 4 members (excludes halogenated alkanes) is 2. The van der Waals surface area contributed by atoms with Gasteiger partial charge in [-0.05, 0) is 12.8 Å². The van der Waals surface area contributed by atoms with E-state index in [1.54, 1.807) is 0 Å². The van der Waals surface area contributed by atoms with Crippen molar-refractivity contribution in [3.05, 3.63) is 6.42 Å². The molecule has 0 spiro atoms. The fraction of sp³-hybridized carbons (Fsp3) is 0.667. The molecule has 0 aliphatic heterocycles. The molecule has 2 nitrogen and oxygen atoms in total. The van der Waals surface area contributed by atoms with Crippen LogP contribution < -0.4 is 5.73 Å². The molecule has 0 atom stereocenters. The van der Waals surface area contributed by atoms with Gasteiger partial charge in [0.15, 0.2) is 0 Å². The predicted molar refractivity (Wildman–Crippen MR) is 35.7 cm³/mol. The van der Waals surface area contributed by atoms with Gasteiger partial charge in [0.2, 0.25) is 0 Å². The average molecular weight is 113 g/mol. The molecular weight excluding hydrogens is 100 g/mol. The van der Waals surface area contributed by atoms with Gasteiger partial charge in [-0.3, -0.25) is 5.41 Å².